The molecule has 0 fully saturated rings. The largest absolute Gasteiger partial charge is 0.383 e. The van der Waals surface area contributed by atoms with Crippen LogP contribution in [0.1, 0.15) is 12.0 Å². The Morgan fingerprint density at radius 2 is 1.70 bits per heavy atom. The molecule has 0 saturated carbocycles. The fourth-order valence-corrected chi connectivity index (χ4v) is 1.83. The quantitative estimate of drug-likeness (QED) is 0.629. The number of aryl methyl sites for hydroxylation is 2. The SMILES string of the molecule is COCCN(CCOC)C(=O)CC[n+]1ccc(C)cc1. The van der Waals surface area contributed by atoms with Crippen LogP contribution in [-0.2, 0) is 20.8 Å². The molecule has 1 amide bonds. The van der Waals surface area contributed by atoms with Crippen molar-refractivity contribution in [3.05, 3.63) is 30.1 Å². The van der Waals surface area contributed by atoms with Crippen LogP contribution in [0.3, 0.4) is 0 Å². The fourth-order valence-electron chi connectivity index (χ4n) is 1.83. The maximum absolute atomic E-state index is 12.2. The Balaban J connectivity index is 2.45. The summed E-state index contributed by atoms with van der Waals surface area (Å²) in [5, 5.41) is 0. The molecule has 0 saturated heterocycles. The highest BCUT2D eigenvalue weighted by molar-refractivity contribution is 5.75. The van der Waals surface area contributed by atoms with E-state index < -0.39 is 0 Å². The summed E-state index contributed by atoms with van der Waals surface area (Å²) in [5.74, 6) is 0.132. The molecule has 5 heteroatoms. The van der Waals surface area contributed by atoms with Gasteiger partial charge < -0.3 is 14.4 Å². The third-order valence-corrected chi connectivity index (χ3v) is 3.13. The fraction of sp³-hybridized carbons (Fsp3) is 0.600. The summed E-state index contributed by atoms with van der Waals surface area (Å²) < 4.78 is 12.1. The van der Waals surface area contributed by atoms with E-state index in [1.54, 1.807) is 19.1 Å². The minimum absolute atomic E-state index is 0.132. The van der Waals surface area contributed by atoms with E-state index in [1.165, 1.54) is 5.56 Å². The Hall–Kier alpha value is -1.46. The van der Waals surface area contributed by atoms with E-state index in [2.05, 4.69) is 0 Å². The highest BCUT2D eigenvalue weighted by Crippen LogP contribution is 1.97. The van der Waals surface area contributed by atoms with Gasteiger partial charge in [-0.3, -0.25) is 4.79 Å². The molecule has 0 bridgehead atoms. The number of hydrogen-bond acceptors (Lipinski definition) is 3. The van der Waals surface area contributed by atoms with Crippen molar-refractivity contribution in [2.45, 2.75) is 19.9 Å². The van der Waals surface area contributed by atoms with Gasteiger partial charge in [-0.15, -0.1) is 0 Å². The summed E-state index contributed by atoms with van der Waals surface area (Å²) in [6, 6.07) is 4.08. The van der Waals surface area contributed by atoms with Crippen molar-refractivity contribution < 1.29 is 18.8 Å². The number of pyridine rings is 1. The minimum Gasteiger partial charge on any atom is -0.383 e. The summed E-state index contributed by atoms with van der Waals surface area (Å²) in [7, 11) is 3.28. The molecule has 20 heavy (non-hydrogen) atoms. The van der Waals surface area contributed by atoms with Crippen molar-refractivity contribution in [1.29, 1.82) is 0 Å². The highest BCUT2D eigenvalue weighted by atomic mass is 16.5. The molecule has 0 aliphatic carbocycles. The first kappa shape index (κ1) is 16.6. The molecule has 0 unspecified atom stereocenters. The summed E-state index contributed by atoms with van der Waals surface area (Å²) in [6.07, 6.45) is 4.48. The molecular formula is C15H25N2O3+. The van der Waals surface area contributed by atoms with E-state index >= 15 is 0 Å². The number of hydrogen-bond donors (Lipinski definition) is 0. The third kappa shape index (κ3) is 6.12. The normalized spacial score (nSPS) is 10.6. The second-order valence-corrected chi connectivity index (χ2v) is 4.73. The third-order valence-electron chi connectivity index (χ3n) is 3.13. The van der Waals surface area contributed by atoms with Crippen LogP contribution in [0.25, 0.3) is 0 Å². The van der Waals surface area contributed by atoms with Crippen molar-refractivity contribution in [1.82, 2.24) is 4.90 Å². The predicted molar refractivity (Wildman–Crippen MR) is 76.3 cm³/mol. The first-order valence-corrected chi connectivity index (χ1v) is 6.88. The molecular weight excluding hydrogens is 256 g/mol. The average molecular weight is 281 g/mol. The lowest BCUT2D eigenvalue weighted by Gasteiger charge is -2.21. The van der Waals surface area contributed by atoms with Gasteiger partial charge >= 0.3 is 0 Å². The van der Waals surface area contributed by atoms with E-state index in [9.17, 15) is 4.79 Å². The molecule has 5 nitrogen and oxygen atoms in total. The van der Waals surface area contributed by atoms with Gasteiger partial charge in [-0.25, -0.2) is 4.57 Å². The van der Waals surface area contributed by atoms with Crippen LogP contribution in [-0.4, -0.2) is 51.3 Å². The van der Waals surface area contributed by atoms with Crippen molar-refractivity contribution >= 4 is 5.91 Å². The zero-order chi connectivity index (χ0) is 14.8. The molecule has 0 N–H and O–H groups in total. The summed E-state index contributed by atoms with van der Waals surface area (Å²) in [5.41, 5.74) is 1.22. The number of carbonyl (C=O) groups is 1. The molecule has 112 valence electrons. The van der Waals surface area contributed by atoms with Gasteiger partial charge in [0.05, 0.1) is 19.6 Å². The Morgan fingerprint density at radius 1 is 1.15 bits per heavy atom. The maximum atomic E-state index is 12.2. The lowest BCUT2D eigenvalue weighted by molar-refractivity contribution is -0.696. The molecule has 1 heterocycles. The smallest absolute Gasteiger partial charge is 0.229 e. The Bertz CT molecular complexity index is 385. The second-order valence-electron chi connectivity index (χ2n) is 4.73. The summed E-state index contributed by atoms with van der Waals surface area (Å²) in [6.45, 7) is 5.05. The molecule has 0 atom stereocenters. The van der Waals surface area contributed by atoms with E-state index in [0.29, 0.717) is 39.3 Å². The van der Waals surface area contributed by atoms with Gasteiger partial charge in [0.2, 0.25) is 5.91 Å². The zero-order valence-corrected chi connectivity index (χ0v) is 12.7. The highest BCUT2D eigenvalue weighted by Gasteiger charge is 2.14. The Kier molecular flexibility index (Phi) is 7.84. The van der Waals surface area contributed by atoms with Crippen molar-refractivity contribution in [3.8, 4) is 0 Å². The average Bonchev–Trinajstić information content (AvgIpc) is 2.46. The van der Waals surface area contributed by atoms with Crippen LogP contribution < -0.4 is 4.57 Å². The Labute approximate surface area is 121 Å². The monoisotopic (exact) mass is 281 g/mol. The topological polar surface area (TPSA) is 42.7 Å². The minimum atomic E-state index is 0.132. The second kappa shape index (κ2) is 9.44. The lowest BCUT2D eigenvalue weighted by Crippen LogP contribution is -2.40. The first-order valence-electron chi connectivity index (χ1n) is 6.88. The molecule has 0 aliphatic rings. The summed E-state index contributed by atoms with van der Waals surface area (Å²) >= 11 is 0. The van der Waals surface area contributed by atoms with Gasteiger partial charge in [-0.2, -0.15) is 0 Å². The molecule has 0 spiro atoms. The maximum Gasteiger partial charge on any atom is 0.229 e. The lowest BCUT2D eigenvalue weighted by atomic mass is 10.3. The van der Waals surface area contributed by atoms with Crippen LogP contribution in [0.15, 0.2) is 24.5 Å². The summed E-state index contributed by atoms with van der Waals surface area (Å²) in [4.78, 5) is 14.0. The van der Waals surface area contributed by atoms with Crippen LogP contribution in [0.4, 0.5) is 0 Å². The zero-order valence-electron chi connectivity index (χ0n) is 12.7. The molecule has 0 aliphatic heterocycles. The van der Waals surface area contributed by atoms with E-state index in [4.69, 9.17) is 9.47 Å². The molecule has 1 aromatic heterocycles. The van der Waals surface area contributed by atoms with Gasteiger partial charge in [-0.1, -0.05) is 0 Å². The number of aromatic nitrogens is 1. The van der Waals surface area contributed by atoms with Gasteiger partial charge in [0, 0.05) is 39.4 Å². The number of methoxy groups -OCH3 is 2. The Morgan fingerprint density at radius 3 is 2.20 bits per heavy atom. The number of nitrogens with zero attached hydrogens (tertiary/aromatic N) is 2. The molecule has 1 rings (SSSR count). The van der Waals surface area contributed by atoms with Crippen molar-refractivity contribution in [2.24, 2.45) is 0 Å². The molecule has 0 aromatic carbocycles. The number of amides is 1. The molecule has 1 aromatic rings. The van der Waals surface area contributed by atoms with E-state index in [1.807, 2.05) is 36.0 Å². The van der Waals surface area contributed by atoms with Crippen molar-refractivity contribution in [3.63, 3.8) is 0 Å². The van der Waals surface area contributed by atoms with Crippen LogP contribution in [0.5, 0.6) is 0 Å². The van der Waals surface area contributed by atoms with Crippen LogP contribution in [0, 0.1) is 6.92 Å². The number of carbonyl (C=O) groups excluding carboxylic acids is 1. The number of rotatable bonds is 9. The van der Waals surface area contributed by atoms with Crippen LogP contribution >= 0.6 is 0 Å². The predicted octanol–water partition coefficient (Wildman–Crippen LogP) is 0.794. The van der Waals surface area contributed by atoms with Crippen molar-refractivity contribution in [2.75, 3.05) is 40.5 Å². The van der Waals surface area contributed by atoms with Gasteiger partial charge in [0.1, 0.15) is 0 Å². The van der Waals surface area contributed by atoms with Gasteiger partial charge in [-0.05, 0) is 12.5 Å². The molecule has 0 radical (unpaired) electrons. The van der Waals surface area contributed by atoms with E-state index in [0.717, 1.165) is 0 Å². The van der Waals surface area contributed by atoms with Gasteiger partial charge in [0.15, 0.2) is 18.9 Å². The van der Waals surface area contributed by atoms with E-state index in [-0.39, 0.29) is 5.91 Å². The number of ether oxygens (including phenoxy) is 2. The van der Waals surface area contributed by atoms with Crippen LogP contribution in [0.2, 0.25) is 0 Å². The standard InChI is InChI=1S/C15H25N2O3/c1-14-4-7-16(8-5-14)9-6-15(18)17(10-12-19-2)11-13-20-3/h4-5,7-8H,6,9-13H2,1-3H3/q+1. The first-order chi connectivity index (χ1) is 9.67. The van der Waals surface area contributed by atoms with Gasteiger partial charge in [0.25, 0.3) is 0 Å².